The van der Waals surface area contributed by atoms with Crippen molar-refractivity contribution in [2.45, 2.75) is 26.4 Å². The van der Waals surface area contributed by atoms with Crippen LogP contribution in [0.3, 0.4) is 0 Å². The topological polar surface area (TPSA) is 39.7 Å². The minimum atomic E-state index is -4.33. The van der Waals surface area contributed by atoms with Crippen molar-refractivity contribution in [2.75, 3.05) is 31.5 Å². The summed E-state index contributed by atoms with van der Waals surface area (Å²) in [5.41, 5.74) is 0.432. The molecule has 7 heteroatoms. The molecule has 4 nitrogen and oxygen atoms in total. The first-order valence-electron chi connectivity index (χ1n) is 9.14. The van der Waals surface area contributed by atoms with E-state index in [1.165, 1.54) is 12.1 Å². The van der Waals surface area contributed by atoms with E-state index >= 15 is 0 Å². The smallest absolute Gasteiger partial charge is 0.357 e. The molecule has 1 aliphatic heterocycles. The van der Waals surface area contributed by atoms with Crippen LogP contribution in [0.1, 0.15) is 25.8 Å². The van der Waals surface area contributed by atoms with Gasteiger partial charge < -0.3 is 15.5 Å². The Morgan fingerprint density at radius 3 is 2.48 bits per heavy atom. The molecule has 1 heterocycles. The number of allylic oxidation sites excluding steroid dienone is 1. The Labute approximate surface area is 158 Å². The van der Waals surface area contributed by atoms with E-state index < -0.39 is 11.7 Å². The van der Waals surface area contributed by atoms with E-state index in [4.69, 9.17) is 0 Å². The lowest BCUT2D eigenvalue weighted by atomic mass is 10.1. The first-order valence-corrected chi connectivity index (χ1v) is 9.14. The molecule has 1 aliphatic rings. The number of benzene rings is 1. The molecule has 2 N–H and O–H groups in total. The van der Waals surface area contributed by atoms with Gasteiger partial charge in [0.15, 0.2) is 0 Å². The molecule has 0 amide bonds. The maximum absolute atomic E-state index is 12.6. The number of nitrogens with zero attached hydrogens (tertiary/aromatic N) is 2. The van der Waals surface area contributed by atoms with E-state index in [0.29, 0.717) is 17.3 Å². The predicted octanol–water partition coefficient (Wildman–Crippen LogP) is 4.49. The van der Waals surface area contributed by atoms with Gasteiger partial charge in [0, 0.05) is 49.7 Å². The Morgan fingerprint density at radius 1 is 1.30 bits per heavy atom. The fraction of sp³-hybridized carbons (Fsp3) is 0.450. The third kappa shape index (κ3) is 6.43. The highest BCUT2D eigenvalue weighted by molar-refractivity contribution is 5.85. The lowest BCUT2D eigenvalue weighted by Gasteiger charge is -2.32. The van der Waals surface area contributed by atoms with Crippen molar-refractivity contribution in [1.29, 1.82) is 0 Å². The zero-order chi connectivity index (χ0) is 19.9. The van der Waals surface area contributed by atoms with Crippen LogP contribution in [0.2, 0.25) is 0 Å². The van der Waals surface area contributed by atoms with E-state index in [1.807, 2.05) is 0 Å². The molecule has 0 aromatic heterocycles. The van der Waals surface area contributed by atoms with Crippen LogP contribution in [-0.2, 0) is 6.18 Å². The van der Waals surface area contributed by atoms with E-state index in [-0.39, 0.29) is 0 Å². The van der Waals surface area contributed by atoms with Gasteiger partial charge in [-0.15, -0.1) is 0 Å². The number of rotatable bonds is 6. The molecular weight excluding hydrogens is 353 g/mol. The summed E-state index contributed by atoms with van der Waals surface area (Å²) >= 11 is 0. The third-order valence-corrected chi connectivity index (χ3v) is 4.49. The number of aliphatic imine (C=N–C) groups is 1. The second-order valence-electron chi connectivity index (χ2n) is 6.57. The molecular formula is C20H27F3N4. The Hall–Kier alpha value is -2.28. The second-order valence-corrected chi connectivity index (χ2v) is 6.57. The number of hydrogen-bond acceptors (Lipinski definition) is 3. The van der Waals surface area contributed by atoms with E-state index in [0.717, 1.165) is 50.6 Å². The Balaban J connectivity index is 1.99. The quantitative estimate of drug-likeness (QED) is 0.434. The van der Waals surface area contributed by atoms with Gasteiger partial charge >= 0.3 is 6.18 Å². The minimum Gasteiger partial charge on any atom is -0.357 e. The lowest BCUT2D eigenvalue weighted by Crippen LogP contribution is -2.48. The molecule has 1 saturated heterocycles. The SMILES string of the molecule is C=C(/C=C\N=C(/C(C)CC)N1CCNCC1)Nc1ccc(C(F)(F)F)cc1. The van der Waals surface area contributed by atoms with E-state index in [1.54, 1.807) is 12.3 Å². The highest BCUT2D eigenvalue weighted by Crippen LogP contribution is 2.30. The van der Waals surface area contributed by atoms with Gasteiger partial charge in [0.1, 0.15) is 5.84 Å². The van der Waals surface area contributed by atoms with Crippen molar-refractivity contribution in [3.8, 4) is 0 Å². The number of piperazine rings is 1. The van der Waals surface area contributed by atoms with Gasteiger partial charge in [0.2, 0.25) is 0 Å². The molecule has 148 valence electrons. The third-order valence-electron chi connectivity index (χ3n) is 4.49. The second kappa shape index (κ2) is 9.60. The van der Waals surface area contributed by atoms with Crippen LogP contribution >= 0.6 is 0 Å². The van der Waals surface area contributed by atoms with Crippen LogP contribution in [0, 0.1) is 5.92 Å². The average Bonchev–Trinajstić information content (AvgIpc) is 2.65. The van der Waals surface area contributed by atoms with Crippen molar-refractivity contribution in [3.63, 3.8) is 0 Å². The van der Waals surface area contributed by atoms with Crippen LogP contribution in [0.5, 0.6) is 0 Å². The average molecular weight is 380 g/mol. The fourth-order valence-corrected chi connectivity index (χ4v) is 2.77. The molecule has 0 bridgehead atoms. The summed E-state index contributed by atoms with van der Waals surface area (Å²) in [5.74, 6) is 1.40. The Kier molecular flexibility index (Phi) is 7.47. The van der Waals surface area contributed by atoms with Crippen LogP contribution in [0.25, 0.3) is 0 Å². The van der Waals surface area contributed by atoms with Gasteiger partial charge in [-0.3, -0.25) is 0 Å². The molecule has 1 aromatic carbocycles. The summed E-state index contributed by atoms with van der Waals surface area (Å²) in [7, 11) is 0. The largest absolute Gasteiger partial charge is 0.416 e. The van der Waals surface area contributed by atoms with Crippen molar-refractivity contribution in [2.24, 2.45) is 10.9 Å². The highest BCUT2D eigenvalue weighted by Gasteiger charge is 2.29. The first kappa shape index (κ1) is 21.0. The van der Waals surface area contributed by atoms with Gasteiger partial charge in [0.05, 0.1) is 5.56 Å². The van der Waals surface area contributed by atoms with Crippen LogP contribution in [0.15, 0.2) is 53.8 Å². The highest BCUT2D eigenvalue weighted by atomic mass is 19.4. The first-order chi connectivity index (χ1) is 12.8. The summed E-state index contributed by atoms with van der Waals surface area (Å²) in [6.07, 6.45) is 0.0903. The van der Waals surface area contributed by atoms with Crippen molar-refractivity contribution in [1.82, 2.24) is 10.2 Å². The maximum Gasteiger partial charge on any atom is 0.416 e. The summed E-state index contributed by atoms with van der Waals surface area (Å²) < 4.78 is 37.8. The van der Waals surface area contributed by atoms with Gasteiger partial charge in [-0.25, -0.2) is 4.99 Å². The fourth-order valence-electron chi connectivity index (χ4n) is 2.77. The van der Waals surface area contributed by atoms with Crippen LogP contribution in [-0.4, -0.2) is 36.9 Å². The molecule has 0 spiro atoms. The number of amidine groups is 1. The van der Waals surface area contributed by atoms with Gasteiger partial charge in [-0.2, -0.15) is 13.2 Å². The Bertz CT molecular complexity index is 671. The standard InChI is InChI=1S/C20H27F3N4/c1-4-15(2)19(27-13-11-24-12-14-27)25-10-9-16(3)26-18-7-5-17(6-8-18)20(21,22)23/h5-10,15,24,26H,3-4,11-14H2,1-2H3/b10-9-,25-19+. The summed E-state index contributed by atoms with van der Waals surface area (Å²) in [6, 6.07) is 4.86. The number of hydrogen-bond donors (Lipinski definition) is 2. The number of nitrogens with one attached hydrogen (secondary N) is 2. The molecule has 1 fully saturated rings. The molecule has 2 rings (SSSR count). The van der Waals surface area contributed by atoms with Crippen LogP contribution < -0.4 is 10.6 Å². The molecule has 1 atom stereocenters. The number of anilines is 1. The van der Waals surface area contributed by atoms with Crippen LogP contribution in [0.4, 0.5) is 18.9 Å². The molecule has 1 aromatic rings. The molecule has 0 saturated carbocycles. The van der Waals surface area contributed by atoms with Gasteiger partial charge in [-0.05, 0) is 36.8 Å². The normalized spacial score (nSPS) is 17.2. The lowest BCUT2D eigenvalue weighted by molar-refractivity contribution is -0.137. The van der Waals surface area contributed by atoms with E-state index in [2.05, 4.69) is 41.0 Å². The van der Waals surface area contributed by atoms with Gasteiger partial charge in [0.25, 0.3) is 0 Å². The van der Waals surface area contributed by atoms with Crippen molar-refractivity contribution >= 4 is 11.5 Å². The maximum atomic E-state index is 12.6. The monoisotopic (exact) mass is 380 g/mol. The molecule has 27 heavy (non-hydrogen) atoms. The van der Waals surface area contributed by atoms with Gasteiger partial charge in [-0.1, -0.05) is 20.4 Å². The summed E-state index contributed by atoms with van der Waals surface area (Å²) in [4.78, 5) is 6.92. The minimum absolute atomic E-state index is 0.351. The van der Waals surface area contributed by atoms with Crippen molar-refractivity contribution < 1.29 is 13.2 Å². The number of halogens is 3. The Morgan fingerprint density at radius 2 is 1.93 bits per heavy atom. The summed E-state index contributed by atoms with van der Waals surface area (Å²) in [5, 5.41) is 6.31. The molecule has 0 aliphatic carbocycles. The molecule has 0 radical (unpaired) electrons. The molecule has 1 unspecified atom stereocenters. The van der Waals surface area contributed by atoms with E-state index in [9.17, 15) is 13.2 Å². The summed E-state index contributed by atoms with van der Waals surface area (Å²) in [6.45, 7) is 11.9. The zero-order valence-corrected chi connectivity index (χ0v) is 15.8. The predicted molar refractivity (Wildman–Crippen MR) is 105 cm³/mol. The van der Waals surface area contributed by atoms with Crippen molar-refractivity contribution in [3.05, 3.63) is 54.4 Å². The number of alkyl halides is 3. The zero-order valence-electron chi connectivity index (χ0n) is 15.8.